The molecule has 10 rings (SSSR count). The van der Waals surface area contributed by atoms with Gasteiger partial charge in [0, 0.05) is 53.6 Å². The summed E-state index contributed by atoms with van der Waals surface area (Å²) in [5.41, 5.74) is 7.90. The van der Waals surface area contributed by atoms with Crippen LogP contribution in [0.15, 0.2) is 176 Å². The van der Waals surface area contributed by atoms with Gasteiger partial charge < -0.3 is 0 Å². The Morgan fingerprint density at radius 2 is 0.789 bits per heavy atom. The molecule has 0 N–H and O–H groups in total. The fourth-order valence-corrected chi connectivity index (χ4v) is 8.22. The van der Waals surface area contributed by atoms with Crippen molar-refractivity contribution in [2.24, 2.45) is 0 Å². The van der Waals surface area contributed by atoms with E-state index in [0.717, 1.165) is 64.7 Å². The zero-order valence-electron chi connectivity index (χ0n) is 30.3. The molecule has 0 aliphatic carbocycles. The highest BCUT2D eigenvalue weighted by Gasteiger charge is 2.19. The SMILES string of the molecule is N#Cc1ccccc1-c1ccc(-c2nc(-c3ccccc3)nc(-c3cccc4c3sc3ccc(-c5nc(-c6ccccc6)nc(-c6ccccc6)n5)cc34)n2)cc1. The molecule has 10 aromatic rings. The molecular weight excluding hydrogens is 719 g/mol. The van der Waals surface area contributed by atoms with E-state index >= 15 is 0 Å². The molecule has 0 saturated heterocycles. The monoisotopic (exact) mass is 747 g/mol. The topological polar surface area (TPSA) is 101 Å². The molecular formula is C49H29N7S. The predicted octanol–water partition coefficient (Wildman–Crippen LogP) is 12.0. The Bertz CT molecular complexity index is 3060. The van der Waals surface area contributed by atoms with Crippen molar-refractivity contribution in [1.82, 2.24) is 29.9 Å². The summed E-state index contributed by atoms with van der Waals surface area (Å²) in [5.74, 6) is 3.60. The third kappa shape index (κ3) is 6.48. The molecule has 0 radical (unpaired) electrons. The second kappa shape index (κ2) is 14.5. The van der Waals surface area contributed by atoms with Crippen molar-refractivity contribution in [3.63, 3.8) is 0 Å². The lowest BCUT2D eigenvalue weighted by Gasteiger charge is -2.10. The Balaban J connectivity index is 1.09. The average Bonchev–Trinajstić information content (AvgIpc) is 3.68. The third-order valence-electron chi connectivity index (χ3n) is 9.86. The Hall–Kier alpha value is -7.73. The first-order valence-corrected chi connectivity index (χ1v) is 19.2. The highest BCUT2D eigenvalue weighted by Crippen LogP contribution is 2.41. The highest BCUT2D eigenvalue weighted by atomic mass is 32.1. The van der Waals surface area contributed by atoms with E-state index in [-0.39, 0.29) is 0 Å². The van der Waals surface area contributed by atoms with Gasteiger partial charge in [0.25, 0.3) is 0 Å². The van der Waals surface area contributed by atoms with Crippen LogP contribution >= 0.6 is 11.3 Å². The molecule has 0 saturated carbocycles. The molecule has 7 nitrogen and oxygen atoms in total. The van der Waals surface area contributed by atoms with Gasteiger partial charge in [-0.1, -0.05) is 146 Å². The lowest BCUT2D eigenvalue weighted by atomic mass is 9.99. The summed E-state index contributed by atoms with van der Waals surface area (Å²) in [6, 6.07) is 60.7. The number of fused-ring (bicyclic) bond motifs is 3. The van der Waals surface area contributed by atoms with Crippen LogP contribution in [0.2, 0.25) is 0 Å². The van der Waals surface area contributed by atoms with Crippen LogP contribution in [0.5, 0.6) is 0 Å². The Labute approximate surface area is 332 Å². The summed E-state index contributed by atoms with van der Waals surface area (Å²) in [7, 11) is 0. The van der Waals surface area contributed by atoms with Crippen molar-refractivity contribution >= 4 is 31.5 Å². The standard InChI is InChI=1S/C49H29N7S/c50-30-37-19-10-11-20-38(37)31-23-25-35(26-24-31)47-52-46(34-17-8-3-9-18-34)55-49(56-47)40-22-12-21-39-41-29-36(27-28-42(41)57-43(39)40)48-53-44(32-13-4-1-5-14-32)51-45(54-48)33-15-6-2-7-16-33/h1-29H. The summed E-state index contributed by atoms with van der Waals surface area (Å²) in [5, 5.41) is 11.9. The highest BCUT2D eigenvalue weighted by molar-refractivity contribution is 7.26. The molecule has 7 aromatic carbocycles. The van der Waals surface area contributed by atoms with E-state index in [2.05, 4.69) is 42.5 Å². The van der Waals surface area contributed by atoms with Gasteiger partial charge in [-0.3, -0.25) is 0 Å². The normalized spacial score (nSPS) is 11.1. The maximum atomic E-state index is 9.69. The Morgan fingerprint density at radius 1 is 0.351 bits per heavy atom. The molecule has 3 aromatic heterocycles. The van der Waals surface area contributed by atoms with E-state index in [4.69, 9.17) is 29.9 Å². The predicted molar refractivity (Wildman–Crippen MR) is 229 cm³/mol. The summed E-state index contributed by atoms with van der Waals surface area (Å²) >= 11 is 1.71. The second-order valence-corrected chi connectivity index (χ2v) is 14.5. The Kier molecular flexibility index (Phi) is 8.60. The van der Waals surface area contributed by atoms with Crippen molar-refractivity contribution in [1.29, 1.82) is 5.26 Å². The molecule has 3 heterocycles. The maximum Gasteiger partial charge on any atom is 0.165 e. The maximum absolute atomic E-state index is 9.69. The number of rotatable bonds is 7. The van der Waals surface area contributed by atoms with Crippen molar-refractivity contribution in [3.05, 3.63) is 181 Å². The summed E-state index contributed by atoms with van der Waals surface area (Å²) in [4.78, 5) is 30.0. The molecule has 0 aliphatic rings. The van der Waals surface area contributed by atoms with E-state index in [1.165, 1.54) is 0 Å². The molecule has 8 heteroatoms. The molecule has 266 valence electrons. The van der Waals surface area contributed by atoms with Crippen molar-refractivity contribution < 1.29 is 0 Å². The average molecular weight is 748 g/mol. The molecule has 0 fully saturated rings. The smallest absolute Gasteiger partial charge is 0.165 e. The third-order valence-corrected chi connectivity index (χ3v) is 11.1. The molecule has 0 amide bonds. The first-order valence-electron chi connectivity index (χ1n) is 18.4. The van der Waals surface area contributed by atoms with Crippen LogP contribution in [0.1, 0.15) is 5.56 Å². The Morgan fingerprint density at radius 3 is 1.35 bits per heavy atom. The number of aromatic nitrogens is 6. The van der Waals surface area contributed by atoms with Gasteiger partial charge >= 0.3 is 0 Å². The zero-order chi connectivity index (χ0) is 38.1. The minimum atomic E-state index is 0.567. The van der Waals surface area contributed by atoms with Gasteiger partial charge in [-0.15, -0.1) is 11.3 Å². The summed E-state index contributed by atoms with van der Waals surface area (Å²) in [6.07, 6.45) is 0. The molecule has 0 bridgehead atoms. The number of thiophene rings is 1. The first kappa shape index (κ1) is 33.8. The second-order valence-electron chi connectivity index (χ2n) is 13.4. The number of hydrogen-bond acceptors (Lipinski definition) is 8. The van der Waals surface area contributed by atoms with Crippen molar-refractivity contribution in [2.75, 3.05) is 0 Å². The number of hydrogen-bond donors (Lipinski definition) is 0. The minimum Gasteiger partial charge on any atom is -0.208 e. The van der Waals surface area contributed by atoms with Gasteiger partial charge in [0.1, 0.15) is 0 Å². The lowest BCUT2D eigenvalue weighted by Crippen LogP contribution is -2.00. The van der Waals surface area contributed by atoms with Crippen LogP contribution in [0.4, 0.5) is 0 Å². The van der Waals surface area contributed by atoms with Gasteiger partial charge in [0.05, 0.1) is 11.6 Å². The number of benzene rings is 7. The van der Waals surface area contributed by atoms with Crippen LogP contribution in [0.25, 0.3) is 99.6 Å². The van der Waals surface area contributed by atoms with Crippen molar-refractivity contribution in [2.45, 2.75) is 0 Å². The van der Waals surface area contributed by atoms with Crippen LogP contribution < -0.4 is 0 Å². The molecule has 57 heavy (non-hydrogen) atoms. The summed E-state index contributed by atoms with van der Waals surface area (Å²) in [6.45, 7) is 0. The van der Waals surface area contributed by atoms with Crippen LogP contribution in [-0.2, 0) is 0 Å². The molecule has 0 unspecified atom stereocenters. The van der Waals surface area contributed by atoms with E-state index in [1.54, 1.807) is 11.3 Å². The zero-order valence-corrected chi connectivity index (χ0v) is 31.1. The van der Waals surface area contributed by atoms with Crippen LogP contribution in [0.3, 0.4) is 0 Å². The number of nitriles is 1. The fourth-order valence-electron chi connectivity index (χ4n) is 7.02. The van der Waals surface area contributed by atoms with Crippen LogP contribution in [0, 0.1) is 11.3 Å². The molecule has 0 atom stereocenters. The van der Waals surface area contributed by atoms with E-state index in [1.807, 2.05) is 140 Å². The fraction of sp³-hybridized carbons (Fsp3) is 0. The molecule has 0 spiro atoms. The van der Waals surface area contributed by atoms with E-state index < -0.39 is 0 Å². The minimum absolute atomic E-state index is 0.567. The first-order chi connectivity index (χ1) is 28.2. The van der Waals surface area contributed by atoms with Gasteiger partial charge in [-0.05, 0) is 41.5 Å². The number of nitrogens with zero attached hydrogens (tertiary/aromatic N) is 7. The van der Waals surface area contributed by atoms with E-state index in [0.29, 0.717) is 40.5 Å². The quantitative estimate of drug-likeness (QED) is 0.160. The van der Waals surface area contributed by atoms with Gasteiger partial charge in [-0.2, -0.15) is 5.26 Å². The molecule has 0 aliphatic heterocycles. The van der Waals surface area contributed by atoms with Gasteiger partial charge in [0.2, 0.25) is 0 Å². The van der Waals surface area contributed by atoms with Crippen LogP contribution in [-0.4, -0.2) is 29.9 Å². The lowest BCUT2D eigenvalue weighted by molar-refractivity contribution is 1.07. The van der Waals surface area contributed by atoms with E-state index in [9.17, 15) is 5.26 Å². The van der Waals surface area contributed by atoms with Gasteiger partial charge in [-0.25, -0.2) is 29.9 Å². The summed E-state index contributed by atoms with van der Waals surface area (Å²) < 4.78 is 2.21. The largest absolute Gasteiger partial charge is 0.208 e. The van der Waals surface area contributed by atoms with Gasteiger partial charge in [0.15, 0.2) is 34.9 Å². The van der Waals surface area contributed by atoms with Crippen molar-refractivity contribution in [3.8, 4) is 85.5 Å².